The van der Waals surface area contributed by atoms with Crippen molar-refractivity contribution in [2.24, 2.45) is 0 Å². The highest BCUT2D eigenvalue weighted by Crippen LogP contribution is 2.23. The van der Waals surface area contributed by atoms with Gasteiger partial charge in [-0.2, -0.15) is 11.3 Å². The SMILES string of the molecule is CCn1cnnc1[C@@H]1CN(C(=O)c2cscc2C)CCO1. The number of aromatic nitrogens is 3. The summed E-state index contributed by atoms with van der Waals surface area (Å²) in [5, 5.41) is 12.0. The Bertz CT molecular complexity index is 636. The smallest absolute Gasteiger partial charge is 0.255 e. The average Bonchev–Trinajstić information content (AvgIpc) is 3.15. The van der Waals surface area contributed by atoms with Crippen LogP contribution >= 0.6 is 11.3 Å². The molecule has 0 aliphatic carbocycles. The van der Waals surface area contributed by atoms with Crippen LogP contribution in [0.4, 0.5) is 0 Å². The van der Waals surface area contributed by atoms with Crippen LogP contribution in [0.1, 0.15) is 34.8 Å². The fourth-order valence-corrected chi connectivity index (χ4v) is 3.32. The first kappa shape index (κ1) is 14.2. The number of carbonyl (C=O) groups excluding carboxylic acids is 1. The van der Waals surface area contributed by atoms with Crippen LogP contribution in [0.3, 0.4) is 0 Å². The molecule has 0 N–H and O–H groups in total. The topological polar surface area (TPSA) is 60.2 Å². The third-order valence-corrected chi connectivity index (χ3v) is 4.58. The van der Waals surface area contributed by atoms with E-state index in [-0.39, 0.29) is 12.0 Å². The predicted molar refractivity (Wildman–Crippen MR) is 79.3 cm³/mol. The fraction of sp³-hybridized carbons (Fsp3) is 0.500. The summed E-state index contributed by atoms with van der Waals surface area (Å²) in [6.45, 7) is 6.45. The van der Waals surface area contributed by atoms with Gasteiger partial charge in [0.1, 0.15) is 12.4 Å². The van der Waals surface area contributed by atoms with Crippen LogP contribution in [0.2, 0.25) is 0 Å². The van der Waals surface area contributed by atoms with Crippen molar-refractivity contribution >= 4 is 17.2 Å². The van der Waals surface area contributed by atoms with E-state index in [1.165, 1.54) is 0 Å². The largest absolute Gasteiger partial charge is 0.366 e. The molecule has 2 aromatic rings. The minimum absolute atomic E-state index is 0.0737. The second kappa shape index (κ2) is 5.95. The standard InChI is InChI=1S/C14H18N4O2S/c1-3-17-9-15-16-13(17)12-6-18(4-5-20-12)14(19)11-8-21-7-10(11)2/h7-9,12H,3-6H2,1-2H3/t12-/m0/s1. The van der Waals surface area contributed by atoms with E-state index in [0.717, 1.165) is 23.5 Å². The molecule has 3 heterocycles. The lowest BCUT2D eigenvalue weighted by atomic mass is 10.1. The summed E-state index contributed by atoms with van der Waals surface area (Å²) < 4.78 is 7.73. The first-order valence-electron chi connectivity index (χ1n) is 7.02. The lowest BCUT2D eigenvalue weighted by Crippen LogP contribution is -2.43. The molecule has 0 unspecified atom stereocenters. The molecule has 1 amide bonds. The minimum Gasteiger partial charge on any atom is -0.366 e. The highest BCUT2D eigenvalue weighted by atomic mass is 32.1. The van der Waals surface area contributed by atoms with Crippen LogP contribution in [0.5, 0.6) is 0 Å². The number of aryl methyl sites for hydroxylation is 2. The molecule has 1 atom stereocenters. The van der Waals surface area contributed by atoms with Crippen molar-refractivity contribution in [3.63, 3.8) is 0 Å². The van der Waals surface area contributed by atoms with E-state index in [1.807, 2.05) is 34.1 Å². The molecule has 21 heavy (non-hydrogen) atoms. The summed E-state index contributed by atoms with van der Waals surface area (Å²) in [7, 11) is 0. The van der Waals surface area contributed by atoms with Gasteiger partial charge in [0.15, 0.2) is 5.82 Å². The molecule has 6 nitrogen and oxygen atoms in total. The van der Waals surface area contributed by atoms with Crippen LogP contribution in [-0.2, 0) is 11.3 Å². The highest BCUT2D eigenvalue weighted by Gasteiger charge is 2.29. The van der Waals surface area contributed by atoms with Crippen molar-refractivity contribution in [2.45, 2.75) is 26.5 Å². The normalized spacial score (nSPS) is 19.0. The highest BCUT2D eigenvalue weighted by molar-refractivity contribution is 7.08. The van der Waals surface area contributed by atoms with Gasteiger partial charge >= 0.3 is 0 Å². The lowest BCUT2D eigenvalue weighted by molar-refractivity contribution is -0.0284. The van der Waals surface area contributed by atoms with E-state index in [2.05, 4.69) is 10.2 Å². The zero-order valence-corrected chi connectivity index (χ0v) is 13.0. The zero-order valence-electron chi connectivity index (χ0n) is 12.2. The molecular weight excluding hydrogens is 288 g/mol. The molecule has 3 rings (SSSR count). The molecule has 0 bridgehead atoms. The van der Waals surface area contributed by atoms with Crippen molar-refractivity contribution in [2.75, 3.05) is 19.7 Å². The molecule has 1 saturated heterocycles. The van der Waals surface area contributed by atoms with E-state index in [4.69, 9.17) is 4.74 Å². The molecule has 2 aromatic heterocycles. The third kappa shape index (κ3) is 2.71. The number of hydrogen-bond acceptors (Lipinski definition) is 5. The Kier molecular flexibility index (Phi) is 4.03. The number of morpholine rings is 1. The summed E-state index contributed by atoms with van der Waals surface area (Å²) in [6.07, 6.45) is 1.49. The van der Waals surface area contributed by atoms with Gasteiger partial charge in [0, 0.05) is 18.5 Å². The quantitative estimate of drug-likeness (QED) is 0.869. The summed E-state index contributed by atoms with van der Waals surface area (Å²) in [5.41, 5.74) is 1.82. The number of thiophene rings is 1. The number of rotatable bonds is 3. The summed E-state index contributed by atoms with van der Waals surface area (Å²) in [5.74, 6) is 0.863. The van der Waals surface area contributed by atoms with Gasteiger partial charge in [-0.1, -0.05) is 0 Å². The molecule has 1 aliphatic heterocycles. The maximum Gasteiger partial charge on any atom is 0.255 e. The second-order valence-corrected chi connectivity index (χ2v) is 5.80. The van der Waals surface area contributed by atoms with Gasteiger partial charge in [-0.15, -0.1) is 10.2 Å². The lowest BCUT2D eigenvalue weighted by Gasteiger charge is -2.32. The Morgan fingerprint density at radius 1 is 1.52 bits per heavy atom. The molecule has 1 fully saturated rings. The van der Waals surface area contributed by atoms with Crippen LogP contribution < -0.4 is 0 Å². The predicted octanol–water partition coefficient (Wildman–Crippen LogP) is 1.88. The molecule has 0 saturated carbocycles. The van der Waals surface area contributed by atoms with Crippen molar-refractivity contribution in [3.8, 4) is 0 Å². The molecule has 1 aliphatic rings. The summed E-state index contributed by atoms with van der Waals surface area (Å²) >= 11 is 1.56. The van der Waals surface area contributed by atoms with Crippen molar-refractivity contribution in [1.29, 1.82) is 0 Å². The maximum absolute atomic E-state index is 12.6. The van der Waals surface area contributed by atoms with Gasteiger partial charge in [-0.05, 0) is 24.8 Å². The minimum atomic E-state index is -0.205. The van der Waals surface area contributed by atoms with Crippen LogP contribution in [0.25, 0.3) is 0 Å². The number of hydrogen-bond donors (Lipinski definition) is 0. The van der Waals surface area contributed by atoms with Gasteiger partial charge in [0.2, 0.25) is 0 Å². The van der Waals surface area contributed by atoms with Crippen molar-refractivity contribution in [1.82, 2.24) is 19.7 Å². The molecule has 0 aromatic carbocycles. The molecule has 0 spiro atoms. The number of ether oxygens (including phenoxy) is 1. The maximum atomic E-state index is 12.6. The number of carbonyl (C=O) groups is 1. The van der Waals surface area contributed by atoms with Crippen LogP contribution in [-0.4, -0.2) is 45.3 Å². The number of amides is 1. The van der Waals surface area contributed by atoms with E-state index >= 15 is 0 Å². The Balaban J connectivity index is 1.77. The van der Waals surface area contributed by atoms with Crippen molar-refractivity contribution < 1.29 is 9.53 Å². The summed E-state index contributed by atoms with van der Waals surface area (Å²) in [6, 6.07) is 0. The first-order chi connectivity index (χ1) is 10.2. The van der Waals surface area contributed by atoms with E-state index in [1.54, 1.807) is 17.7 Å². The first-order valence-corrected chi connectivity index (χ1v) is 7.96. The van der Waals surface area contributed by atoms with E-state index in [9.17, 15) is 4.79 Å². The van der Waals surface area contributed by atoms with Crippen LogP contribution in [0.15, 0.2) is 17.1 Å². The number of nitrogens with zero attached hydrogens (tertiary/aromatic N) is 4. The van der Waals surface area contributed by atoms with Gasteiger partial charge < -0.3 is 14.2 Å². The fourth-order valence-electron chi connectivity index (χ4n) is 2.50. The summed E-state index contributed by atoms with van der Waals surface area (Å²) in [4.78, 5) is 14.4. The van der Waals surface area contributed by atoms with Gasteiger partial charge in [-0.3, -0.25) is 4.79 Å². The zero-order chi connectivity index (χ0) is 14.8. The molecule has 112 valence electrons. The third-order valence-electron chi connectivity index (χ3n) is 3.71. The van der Waals surface area contributed by atoms with Crippen LogP contribution in [0, 0.1) is 6.92 Å². The van der Waals surface area contributed by atoms with E-state index < -0.39 is 0 Å². The van der Waals surface area contributed by atoms with E-state index in [0.29, 0.717) is 19.7 Å². The Hall–Kier alpha value is -1.73. The molecule has 7 heteroatoms. The second-order valence-electron chi connectivity index (χ2n) is 5.05. The molecular formula is C14H18N4O2S. The monoisotopic (exact) mass is 306 g/mol. The molecule has 0 radical (unpaired) electrons. The Morgan fingerprint density at radius 2 is 2.38 bits per heavy atom. The van der Waals surface area contributed by atoms with Crippen molar-refractivity contribution in [3.05, 3.63) is 34.0 Å². The Morgan fingerprint density at radius 3 is 3.10 bits per heavy atom. The van der Waals surface area contributed by atoms with Gasteiger partial charge in [0.25, 0.3) is 5.91 Å². The average molecular weight is 306 g/mol. The van der Waals surface area contributed by atoms with Gasteiger partial charge in [0.05, 0.1) is 18.7 Å². The Labute approximate surface area is 127 Å². The van der Waals surface area contributed by atoms with Gasteiger partial charge in [-0.25, -0.2) is 0 Å².